The Morgan fingerprint density at radius 2 is 1.92 bits per heavy atom. The summed E-state index contributed by atoms with van der Waals surface area (Å²) in [6.45, 7) is 10.6. The molecule has 3 heterocycles. The highest BCUT2D eigenvalue weighted by Crippen LogP contribution is 2.20. The minimum absolute atomic E-state index is 0.337. The van der Waals surface area contributed by atoms with Crippen molar-refractivity contribution in [2.75, 3.05) is 11.9 Å². The molecule has 0 bridgehead atoms. The molecular weight excluding hydrogens is 298 g/mol. The summed E-state index contributed by atoms with van der Waals surface area (Å²) < 4.78 is 2.32. The molecule has 1 N–H and O–H groups in total. The van der Waals surface area contributed by atoms with E-state index < -0.39 is 0 Å². The molecule has 0 fully saturated rings. The first-order chi connectivity index (χ1) is 11.5. The zero-order chi connectivity index (χ0) is 17.1. The van der Waals surface area contributed by atoms with E-state index in [1.807, 2.05) is 0 Å². The van der Waals surface area contributed by atoms with Crippen molar-refractivity contribution in [1.29, 1.82) is 0 Å². The number of hydrogen-bond acceptors (Lipinski definition) is 4. The lowest BCUT2D eigenvalue weighted by Gasteiger charge is -2.13. The van der Waals surface area contributed by atoms with Crippen LogP contribution < -0.4 is 5.32 Å². The number of rotatable bonds is 6. The molecule has 0 saturated heterocycles. The fourth-order valence-electron chi connectivity index (χ4n) is 3.04. The lowest BCUT2D eigenvalue weighted by Crippen LogP contribution is -2.11. The molecule has 0 aromatic carbocycles. The summed E-state index contributed by atoms with van der Waals surface area (Å²) in [4.78, 5) is 14.1. The number of imidazole rings is 1. The van der Waals surface area contributed by atoms with Gasteiger partial charge >= 0.3 is 0 Å². The number of anilines is 1. The summed E-state index contributed by atoms with van der Waals surface area (Å²) >= 11 is 0. The highest BCUT2D eigenvalue weighted by atomic mass is 15.1. The maximum Gasteiger partial charge on any atom is 0.133 e. The van der Waals surface area contributed by atoms with Gasteiger partial charge in [-0.3, -0.25) is 0 Å². The molecule has 130 valence electrons. The quantitative estimate of drug-likeness (QED) is 0.874. The first kappa shape index (κ1) is 16.9. The Kier molecular flexibility index (Phi) is 5.17. The van der Waals surface area contributed by atoms with Crippen LogP contribution in [0.3, 0.4) is 0 Å². The standard InChI is InChI=1S/C19H29N5/c1-13(2)16-11-17(23-19(22-16)14(3)4)20-9-8-15-12-24-10-6-5-7-18(24)21-15/h11-14H,5-10H2,1-4H3,(H,20,22,23). The van der Waals surface area contributed by atoms with E-state index in [4.69, 9.17) is 4.98 Å². The fourth-order valence-corrected chi connectivity index (χ4v) is 3.04. The molecule has 1 aliphatic heterocycles. The molecule has 0 aliphatic carbocycles. The number of nitrogens with one attached hydrogen (secondary N) is 1. The molecule has 0 atom stereocenters. The summed E-state index contributed by atoms with van der Waals surface area (Å²) in [7, 11) is 0. The van der Waals surface area contributed by atoms with Crippen LogP contribution in [0.5, 0.6) is 0 Å². The first-order valence-corrected chi connectivity index (χ1v) is 9.20. The van der Waals surface area contributed by atoms with Crippen LogP contribution in [0.2, 0.25) is 0 Å². The Morgan fingerprint density at radius 3 is 2.62 bits per heavy atom. The van der Waals surface area contributed by atoms with Crippen LogP contribution in [0.15, 0.2) is 12.3 Å². The summed E-state index contributed by atoms with van der Waals surface area (Å²) in [5.74, 6) is 3.85. The van der Waals surface area contributed by atoms with E-state index in [9.17, 15) is 0 Å². The van der Waals surface area contributed by atoms with Crippen molar-refractivity contribution in [2.45, 2.75) is 71.8 Å². The summed E-state index contributed by atoms with van der Waals surface area (Å²) in [5, 5.41) is 3.46. The second-order valence-corrected chi connectivity index (χ2v) is 7.32. The molecule has 2 aromatic rings. The molecule has 0 unspecified atom stereocenters. The maximum atomic E-state index is 4.76. The molecule has 1 aliphatic rings. The summed E-state index contributed by atoms with van der Waals surface area (Å²) in [6.07, 6.45) is 6.81. The molecule has 0 amide bonds. The third kappa shape index (κ3) is 3.94. The normalized spacial score (nSPS) is 14.2. The van der Waals surface area contributed by atoms with Gasteiger partial charge in [-0.25, -0.2) is 15.0 Å². The smallest absolute Gasteiger partial charge is 0.133 e. The van der Waals surface area contributed by atoms with Gasteiger partial charge in [0, 0.05) is 49.8 Å². The highest BCUT2D eigenvalue weighted by molar-refractivity contribution is 5.37. The van der Waals surface area contributed by atoms with Crippen LogP contribution in [0.1, 0.15) is 75.4 Å². The Morgan fingerprint density at radius 1 is 1.08 bits per heavy atom. The number of nitrogens with zero attached hydrogens (tertiary/aromatic N) is 4. The van der Waals surface area contributed by atoms with E-state index in [0.717, 1.165) is 43.3 Å². The van der Waals surface area contributed by atoms with Crippen LogP contribution in [0.4, 0.5) is 5.82 Å². The van der Waals surface area contributed by atoms with Gasteiger partial charge in [0.2, 0.25) is 0 Å². The number of aromatic nitrogens is 4. The van der Waals surface area contributed by atoms with Crippen molar-refractivity contribution in [3.05, 3.63) is 35.3 Å². The third-order valence-electron chi connectivity index (χ3n) is 4.52. The van der Waals surface area contributed by atoms with E-state index in [2.05, 4.69) is 59.8 Å². The van der Waals surface area contributed by atoms with Gasteiger partial charge < -0.3 is 9.88 Å². The van der Waals surface area contributed by atoms with E-state index >= 15 is 0 Å². The Labute approximate surface area is 144 Å². The van der Waals surface area contributed by atoms with Gasteiger partial charge in [-0.2, -0.15) is 0 Å². The van der Waals surface area contributed by atoms with Gasteiger partial charge in [0.15, 0.2) is 0 Å². The van der Waals surface area contributed by atoms with Crippen molar-refractivity contribution < 1.29 is 0 Å². The Hall–Kier alpha value is -1.91. The van der Waals surface area contributed by atoms with Crippen molar-refractivity contribution in [3.8, 4) is 0 Å². The second kappa shape index (κ2) is 7.32. The molecule has 24 heavy (non-hydrogen) atoms. The molecule has 0 spiro atoms. The van der Waals surface area contributed by atoms with E-state index in [1.54, 1.807) is 0 Å². The lowest BCUT2D eigenvalue weighted by molar-refractivity contribution is 0.522. The number of aryl methyl sites for hydroxylation is 2. The first-order valence-electron chi connectivity index (χ1n) is 9.20. The van der Waals surface area contributed by atoms with E-state index in [0.29, 0.717) is 11.8 Å². The molecule has 5 heteroatoms. The second-order valence-electron chi connectivity index (χ2n) is 7.32. The van der Waals surface area contributed by atoms with E-state index in [-0.39, 0.29) is 0 Å². The van der Waals surface area contributed by atoms with Crippen molar-refractivity contribution in [1.82, 2.24) is 19.5 Å². The molecule has 5 nitrogen and oxygen atoms in total. The lowest BCUT2D eigenvalue weighted by atomic mass is 10.1. The van der Waals surface area contributed by atoms with Gasteiger partial charge in [0.1, 0.15) is 17.5 Å². The monoisotopic (exact) mass is 327 g/mol. The minimum atomic E-state index is 0.337. The zero-order valence-corrected chi connectivity index (χ0v) is 15.3. The van der Waals surface area contributed by atoms with Gasteiger partial charge in [0.25, 0.3) is 0 Å². The van der Waals surface area contributed by atoms with Crippen molar-refractivity contribution in [2.24, 2.45) is 0 Å². The van der Waals surface area contributed by atoms with Crippen LogP contribution in [0, 0.1) is 0 Å². The molecule has 2 aromatic heterocycles. The van der Waals surface area contributed by atoms with Crippen LogP contribution in [-0.4, -0.2) is 26.1 Å². The van der Waals surface area contributed by atoms with Crippen LogP contribution in [0.25, 0.3) is 0 Å². The van der Waals surface area contributed by atoms with Crippen LogP contribution >= 0.6 is 0 Å². The molecule has 0 saturated carbocycles. The molecule has 0 radical (unpaired) electrons. The zero-order valence-electron chi connectivity index (χ0n) is 15.3. The Balaban J connectivity index is 1.64. The Bertz CT molecular complexity index is 637. The fraction of sp³-hybridized carbons (Fsp3) is 0.632. The van der Waals surface area contributed by atoms with Gasteiger partial charge in [0.05, 0.1) is 5.69 Å². The average molecular weight is 327 g/mol. The predicted molar refractivity (Wildman–Crippen MR) is 97.6 cm³/mol. The highest BCUT2D eigenvalue weighted by Gasteiger charge is 2.13. The third-order valence-corrected chi connectivity index (χ3v) is 4.52. The molecule has 3 rings (SSSR count). The van der Waals surface area contributed by atoms with E-state index in [1.165, 1.54) is 24.4 Å². The van der Waals surface area contributed by atoms with Gasteiger partial charge in [-0.1, -0.05) is 27.7 Å². The average Bonchev–Trinajstić information content (AvgIpc) is 2.97. The maximum absolute atomic E-state index is 4.76. The van der Waals surface area contributed by atoms with Crippen LogP contribution in [-0.2, 0) is 19.4 Å². The minimum Gasteiger partial charge on any atom is -0.370 e. The van der Waals surface area contributed by atoms with Crippen molar-refractivity contribution in [3.63, 3.8) is 0 Å². The van der Waals surface area contributed by atoms with Gasteiger partial charge in [-0.15, -0.1) is 0 Å². The topological polar surface area (TPSA) is 55.6 Å². The van der Waals surface area contributed by atoms with Gasteiger partial charge in [-0.05, 0) is 18.8 Å². The summed E-state index contributed by atoms with van der Waals surface area (Å²) in [6, 6.07) is 2.08. The number of fused-ring (bicyclic) bond motifs is 1. The van der Waals surface area contributed by atoms with Crippen molar-refractivity contribution >= 4 is 5.82 Å². The predicted octanol–water partition coefficient (Wildman–Crippen LogP) is 3.91. The molecular formula is C19H29N5. The summed E-state index contributed by atoms with van der Waals surface area (Å²) in [5.41, 5.74) is 2.29. The largest absolute Gasteiger partial charge is 0.370 e. The SMILES string of the molecule is CC(C)c1cc(NCCc2cn3c(n2)CCCC3)nc(C(C)C)n1. The number of hydrogen-bond donors (Lipinski definition) is 1.